The minimum Gasteiger partial charge on any atom is -0.508 e. The highest BCUT2D eigenvalue weighted by Gasteiger charge is 2.12. The summed E-state index contributed by atoms with van der Waals surface area (Å²) in [5.41, 5.74) is 6.92. The summed E-state index contributed by atoms with van der Waals surface area (Å²) >= 11 is 0. The van der Waals surface area contributed by atoms with Crippen LogP contribution in [0.5, 0.6) is 11.5 Å². The Morgan fingerprint density at radius 3 is 2.55 bits per heavy atom. The Balaban J connectivity index is 2.02. The molecule has 104 valence electrons. The van der Waals surface area contributed by atoms with Crippen molar-refractivity contribution in [2.24, 2.45) is 0 Å². The number of carbonyl (C=O) groups excluding carboxylic acids is 1. The molecule has 0 bridgehead atoms. The van der Waals surface area contributed by atoms with Crippen LogP contribution in [0.1, 0.15) is 15.9 Å². The van der Waals surface area contributed by atoms with Crippen molar-refractivity contribution in [3.63, 3.8) is 0 Å². The van der Waals surface area contributed by atoms with E-state index in [1.54, 1.807) is 31.4 Å². The van der Waals surface area contributed by atoms with Crippen molar-refractivity contribution in [2.45, 2.75) is 6.61 Å². The van der Waals surface area contributed by atoms with Gasteiger partial charge < -0.3 is 20.3 Å². The minimum absolute atomic E-state index is 0.0319. The third-order valence-corrected chi connectivity index (χ3v) is 2.79. The molecule has 0 saturated carbocycles. The van der Waals surface area contributed by atoms with Crippen LogP contribution in [0.25, 0.3) is 0 Å². The molecule has 0 spiro atoms. The molecule has 5 nitrogen and oxygen atoms in total. The van der Waals surface area contributed by atoms with Crippen LogP contribution >= 0.6 is 0 Å². The van der Waals surface area contributed by atoms with Gasteiger partial charge in [-0.3, -0.25) is 0 Å². The minimum atomic E-state index is -0.575. The molecule has 0 amide bonds. The molecule has 5 heteroatoms. The average Bonchev–Trinajstić information content (AvgIpc) is 2.47. The SMILES string of the molecule is COc1ccc(COC(=O)c2cc(O)ccc2N)cc1. The van der Waals surface area contributed by atoms with Crippen LogP contribution < -0.4 is 10.5 Å². The molecule has 0 fully saturated rings. The molecule has 0 heterocycles. The van der Waals surface area contributed by atoms with E-state index in [4.69, 9.17) is 15.2 Å². The van der Waals surface area contributed by atoms with Gasteiger partial charge in [-0.25, -0.2) is 4.79 Å². The summed E-state index contributed by atoms with van der Waals surface area (Å²) in [6.07, 6.45) is 0. The third kappa shape index (κ3) is 3.20. The highest BCUT2D eigenvalue weighted by molar-refractivity contribution is 5.95. The van der Waals surface area contributed by atoms with Gasteiger partial charge in [0.15, 0.2) is 0 Å². The number of rotatable bonds is 4. The lowest BCUT2D eigenvalue weighted by Crippen LogP contribution is -2.08. The van der Waals surface area contributed by atoms with Crippen molar-refractivity contribution < 1.29 is 19.4 Å². The fraction of sp³-hybridized carbons (Fsp3) is 0.133. The van der Waals surface area contributed by atoms with Crippen LogP contribution in [0.3, 0.4) is 0 Å². The topological polar surface area (TPSA) is 81.8 Å². The van der Waals surface area contributed by atoms with Gasteiger partial charge in [0.2, 0.25) is 0 Å². The van der Waals surface area contributed by atoms with Crippen molar-refractivity contribution in [3.05, 3.63) is 53.6 Å². The first-order chi connectivity index (χ1) is 9.60. The predicted molar refractivity (Wildman–Crippen MR) is 74.6 cm³/mol. The number of methoxy groups -OCH3 is 1. The molecular formula is C15H15NO4. The summed E-state index contributed by atoms with van der Waals surface area (Å²) in [5, 5.41) is 9.35. The second kappa shape index (κ2) is 5.97. The summed E-state index contributed by atoms with van der Waals surface area (Å²) < 4.78 is 10.2. The molecule has 20 heavy (non-hydrogen) atoms. The van der Waals surface area contributed by atoms with E-state index in [9.17, 15) is 9.90 Å². The monoisotopic (exact) mass is 273 g/mol. The van der Waals surface area contributed by atoms with E-state index in [0.29, 0.717) is 0 Å². The zero-order valence-corrected chi connectivity index (χ0v) is 11.0. The molecule has 3 N–H and O–H groups in total. The lowest BCUT2D eigenvalue weighted by atomic mass is 10.1. The molecule has 2 aromatic carbocycles. The molecule has 0 aliphatic rings. The number of phenols is 1. The van der Waals surface area contributed by atoms with E-state index < -0.39 is 5.97 Å². The third-order valence-electron chi connectivity index (χ3n) is 2.79. The lowest BCUT2D eigenvalue weighted by molar-refractivity contribution is 0.0473. The second-order valence-electron chi connectivity index (χ2n) is 4.20. The maximum atomic E-state index is 11.9. The van der Waals surface area contributed by atoms with E-state index in [-0.39, 0.29) is 23.6 Å². The highest BCUT2D eigenvalue weighted by Crippen LogP contribution is 2.20. The van der Waals surface area contributed by atoms with E-state index in [2.05, 4.69) is 0 Å². The van der Waals surface area contributed by atoms with Gasteiger partial charge in [-0.05, 0) is 35.9 Å². The maximum absolute atomic E-state index is 11.9. The van der Waals surface area contributed by atoms with E-state index >= 15 is 0 Å². The normalized spacial score (nSPS) is 10.1. The van der Waals surface area contributed by atoms with Gasteiger partial charge in [-0.2, -0.15) is 0 Å². The molecule has 0 atom stereocenters. The van der Waals surface area contributed by atoms with E-state index in [1.165, 1.54) is 18.2 Å². The first kappa shape index (κ1) is 13.7. The number of phenolic OH excluding ortho intramolecular Hbond substituents is 1. The van der Waals surface area contributed by atoms with Crippen LogP contribution in [-0.2, 0) is 11.3 Å². The average molecular weight is 273 g/mol. The zero-order chi connectivity index (χ0) is 14.5. The predicted octanol–water partition coefficient (Wildman–Crippen LogP) is 2.34. The van der Waals surface area contributed by atoms with Crippen molar-refractivity contribution in [1.29, 1.82) is 0 Å². The van der Waals surface area contributed by atoms with Gasteiger partial charge >= 0.3 is 5.97 Å². The fourth-order valence-corrected chi connectivity index (χ4v) is 1.67. The Labute approximate surface area is 116 Å². The van der Waals surface area contributed by atoms with Gasteiger partial charge in [0, 0.05) is 5.69 Å². The Bertz CT molecular complexity index is 608. The van der Waals surface area contributed by atoms with Crippen LogP contribution in [0, 0.1) is 0 Å². The molecule has 0 aliphatic carbocycles. The number of nitrogen functional groups attached to an aromatic ring is 1. The summed E-state index contributed by atoms with van der Waals surface area (Å²) in [6, 6.07) is 11.3. The fourth-order valence-electron chi connectivity index (χ4n) is 1.67. The Hall–Kier alpha value is -2.69. The Morgan fingerprint density at radius 2 is 1.90 bits per heavy atom. The van der Waals surface area contributed by atoms with Gasteiger partial charge in [-0.1, -0.05) is 12.1 Å². The van der Waals surface area contributed by atoms with Crippen molar-refractivity contribution in [3.8, 4) is 11.5 Å². The van der Waals surface area contributed by atoms with E-state index in [0.717, 1.165) is 11.3 Å². The summed E-state index contributed by atoms with van der Waals surface area (Å²) in [4.78, 5) is 11.9. The molecule has 0 radical (unpaired) electrons. The van der Waals surface area contributed by atoms with Crippen LogP contribution in [0.4, 0.5) is 5.69 Å². The molecule has 2 rings (SSSR count). The molecule has 0 saturated heterocycles. The Kier molecular flexibility index (Phi) is 4.10. The molecule has 2 aromatic rings. The molecular weight excluding hydrogens is 258 g/mol. The van der Waals surface area contributed by atoms with Gasteiger partial charge in [0.25, 0.3) is 0 Å². The van der Waals surface area contributed by atoms with Crippen LogP contribution in [0.15, 0.2) is 42.5 Å². The van der Waals surface area contributed by atoms with Crippen molar-refractivity contribution in [2.75, 3.05) is 12.8 Å². The molecule has 0 aliphatic heterocycles. The van der Waals surface area contributed by atoms with E-state index in [1.807, 2.05) is 0 Å². The van der Waals surface area contributed by atoms with Gasteiger partial charge in [0.1, 0.15) is 18.1 Å². The number of hydrogen-bond acceptors (Lipinski definition) is 5. The standard InChI is InChI=1S/C15H15NO4/c1-19-12-5-2-10(3-6-12)9-20-15(18)13-8-11(17)4-7-14(13)16/h2-8,17H,9,16H2,1H3. The van der Waals surface area contributed by atoms with Crippen molar-refractivity contribution >= 4 is 11.7 Å². The summed E-state index contributed by atoms with van der Waals surface area (Å²) in [5.74, 6) is 0.127. The number of carbonyl (C=O) groups is 1. The lowest BCUT2D eigenvalue weighted by Gasteiger charge is -2.08. The smallest absolute Gasteiger partial charge is 0.340 e. The maximum Gasteiger partial charge on any atom is 0.340 e. The molecule has 0 aromatic heterocycles. The summed E-state index contributed by atoms with van der Waals surface area (Å²) in [6.45, 7) is 0.123. The second-order valence-corrected chi connectivity index (χ2v) is 4.20. The van der Waals surface area contributed by atoms with Gasteiger partial charge in [0.05, 0.1) is 12.7 Å². The first-order valence-corrected chi connectivity index (χ1v) is 5.98. The molecule has 0 unspecified atom stereocenters. The number of nitrogens with two attached hydrogens (primary N) is 1. The van der Waals surface area contributed by atoms with Gasteiger partial charge in [-0.15, -0.1) is 0 Å². The number of aromatic hydroxyl groups is 1. The quantitative estimate of drug-likeness (QED) is 0.507. The zero-order valence-electron chi connectivity index (χ0n) is 11.0. The Morgan fingerprint density at radius 1 is 1.20 bits per heavy atom. The number of benzene rings is 2. The largest absolute Gasteiger partial charge is 0.508 e. The van der Waals surface area contributed by atoms with Crippen molar-refractivity contribution in [1.82, 2.24) is 0 Å². The van der Waals surface area contributed by atoms with Crippen LogP contribution in [-0.4, -0.2) is 18.2 Å². The summed E-state index contributed by atoms with van der Waals surface area (Å²) in [7, 11) is 1.58. The number of ether oxygens (including phenoxy) is 2. The first-order valence-electron chi connectivity index (χ1n) is 5.98. The number of hydrogen-bond donors (Lipinski definition) is 2. The van der Waals surface area contributed by atoms with Crippen LogP contribution in [0.2, 0.25) is 0 Å². The number of esters is 1. The highest BCUT2D eigenvalue weighted by atomic mass is 16.5. The number of anilines is 1.